The number of carboxylic acids is 1. The van der Waals surface area contributed by atoms with Crippen molar-refractivity contribution in [1.82, 2.24) is 14.7 Å². The molecule has 1 aromatic rings. The first-order valence-electron chi connectivity index (χ1n) is 6.42. The molecule has 2 atom stereocenters. The van der Waals surface area contributed by atoms with Crippen LogP contribution in [0.5, 0.6) is 0 Å². The van der Waals surface area contributed by atoms with Crippen LogP contribution in [-0.4, -0.2) is 38.3 Å². The van der Waals surface area contributed by atoms with Crippen molar-refractivity contribution in [3.8, 4) is 0 Å². The normalized spacial score (nSPS) is 22.3. The van der Waals surface area contributed by atoms with Crippen molar-refractivity contribution in [2.45, 2.75) is 45.7 Å². The Hall–Kier alpha value is -1.36. The summed E-state index contributed by atoms with van der Waals surface area (Å²) in [6.45, 7) is 6.96. The maximum Gasteiger partial charge on any atom is 0.320 e. The third-order valence-electron chi connectivity index (χ3n) is 4.06. The van der Waals surface area contributed by atoms with E-state index in [9.17, 15) is 9.90 Å². The molecule has 5 heteroatoms. The van der Waals surface area contributed by atoms with E-state index in [0.717, 1.165) is 30.8 Å². The van der Waals surface area contributed by atoms with Gasteiger partial charge in [-0.3, -0.25) is 14.4 Å². The average molecular weight is 251 g/mol. The van der Waals surface area contributed by atoms with Gasteiger partial charge < -0.3 is 5.11 Å². The minimum absolute atomic E-state index is 0.113. The minimum atomic E-state index is -0.710. The maximum absolute atomic E-state index is 11.3. The smallest absolute Gasteiger partial charge is 0.320 e. The molecule has 0 spiro atoms. The standard InChI is InChI=1S/C13H21N3O2/c1-8-12(9(2)15(4)14-8)10(3)16-7-5-6-11(16)13(17)18/h10-11H,5-7H2,1-4H3,(H,17,18). The van der Waals surface area contributed by atoms with E-state index >= 15 is 0 Å². The average Bonchev–Trinajstić information content (AvgIpc) is 2.85. The fraction of sp³-hybridized carbons (Fsp3) is 0.692. The molecular weight excluding hydrogens is 230 g/mol. The number of likely N-dealkylation sites (tertiary alicyclic amines) is 1. The summed E-state index contributed by atoms with van der Waals surface area (Å²) in [4.78, 5) is 13.3. The Morgan fingerprint density at radius 2 is 2.17 bits per heavy atom. The third-order valence-corrected chi connectivity index (χ3v) is 4.06. The van der Waals surface area contributed by atoms with Crippen molar-refractivity contribution in [3.63, 3.8) is 0 Å². The van der Waals surface area contributed by atoms with E-state index in [2.05, 4.69) is 16.9 Å². The molecular formula is C13H21N3O2. The van der Waals surface area contributed by atoms with Gasteiger partial charge in [0.25, 0.3) is 0 Å². The molecule has 1 saturated heterocycles. The first kappa shape index (κ1) is 13.1. The number of aromatic nitrogens is 2. The van der Waals surface area contributed by atoms with Gasteiger partial charge in [0.1, 0.15) is 6.04 Å². The fourth-order valence-electron chi connectivity index (χ4n) is 3.08. The Bertz CT molecular complexity index is 467. The number of rotatable bonds is 3. The Balaban J connectivity index is 2.30. The van der Waals surface area contributed by atoms with Crippen LogP contribution >= 0.6 is 0 Å². The zero-order valence-corrected chi connectivity index (χ0v) is 11.5. The number of carboxylic acid groups (broad SMARTS) is 1. The number of hydrogen-bond donors (Lipinski definition) is 1. The number of aliphatic carboxylic acids is 1. The van der Waals surface area contributed by atoms with Crippen molar-refractivity contribution in [1.29, 1.82) is 0 Å². The summed E-state index contributed by atoms with van der Waals surface area (Å²) in [5, 5.41) is 13.7. The van der Waals surface area contributed by atoms with Gasteiger partial charge in [0.15, 0.2) is 0 Å². The second kappa shape index (κ2) is 4.72. The highest BCUT2D eigenvalue weighted by molar-refractivity contribution is 5.73. The molecule has 1 aliphatic rings. The number of carbonyl (C=O) groups is 1. The molecule has 0 aliphatic carbocycles. The van der Waals surface area contributed by atoms with Crippen LogP contribution in [0.15, 0.2) is 0 Å². The molecule has 2 rings (SSSR count). The number of nitrogens with zero attached hydrogens (tertiary/aromatic N) is 3. The van der Waals surface area contributed by atoms with E-state index in [0.29, 0.717) is 0 Å². The van der Waals surface area contributed by atoms with Gasteiger partial charge in [-0.05, 0) is 40.2 Å². The van der Waals surface area contributed by atoms with Crippen LogP contribution in [0.3, 0.4) is 0 Å². The summed E-state index contributed by atoms with van der Waals surface area (Å²) in [5.74, 6) is -0.710. The van der Waals surface area contributed by atoms with Crippen LogP contribution in [0.1, 0.15) is 42.8 Å². The predicted octanol–water partition coefficient (Wildman–Crippen LogP) is 1.65. The van der Waals surface area contributed by atoms with E-state index in [-0.39, 0.29) is 12.1 Å². The van der Waals surface area contributed by atoms with E-state index in [4.69, 9.17) is 0 Å². The van der Waals surface area contributed by atoms with Crippen LogP contribution < -0.4 is 0 Å². The molecule has 0 bridgehead atoms. The molecule has 0 saturated carbocycles. The van der Waals surface area contributed by atoms with Crippen molar-refractivity contribution >= 4 is 5.97 Å². The van der Waals surface area contributed by atoms with Crippen LogP contribution in [0, 0.1) is 13.8 Å². The monoisotopic (exact) mass is 251 g/mol. The summed E-state index contributed by atoms with van der Waals surface area (Å²) < 4.78 is 1.87. The van der Waals surface area contributed by atoms with Gasteiger partial charge in [-0.1, -0.05) is 0 Å². The zero-order chi connectivity index (χ0) is 13.4. The highest BCUT2D eigenvalue weighted by atomic mass is 16.4. The summed E-state index contributed by atoms with van der Waals surface area (Å²) in [7, 11) is 1.93. The maximum atomic E-state index is 11.3. The zero-order valence-electron chi connectivity index (χ0n) is 11.5. The lowest BCUT2D eigenvalue weighted by atomic mass is 10.0. The van der Waals surface area contributed by atoms with E-state index in [1.54, 1.807) is 0 Å². The van der Waals surface area contributed by atoms with Crippen LogP contribution in [0.25, 0.3) is 0 Å². The van der Waals surface area contributed by atoms with Crippen LogP contribution in [0.4, 0.5) is 0 Å². The SMILES string of the molecule is Cc1nn(C)c(C)c1C(C)N1CCCC1C(=O)O. The van der Waals surface area contributed by atoms with Crippen molar-refractivity contribution < 1.29 is 9.90 Å². The summed E-state index contributed by atoms with van der Waals surface area (Å²) in [5.41, 5.74) is 3.29. The van der Waals surface area contributed by atoms with E-state index in [1.165, 1.54) is 5.56 Å². The van der Waals surface area contributed by atoms with Crippen molar-refractivity contribution in [2.75, 3.05) is 6.54 Å². The molecule has 2 heterocycles. The van der Waals surface area contributed by atoms with Crippen LogP contribution in [-0.2, 0) is 11.8 Å². The molecule has 100 valence electrons. The summed E-state index contributed by atoms with van der Waals surface area (Å²) >= 11 is 0. The molecule has 18 heavy (non-hydrogen) atoms. The molecule has 1 N–H and O–H groups in total. The minimum Gasteiger partial charge on any atom is -0.480 e. The number of hydrogen-bond acceptors (Lipinski definition) is 3. The van der Waals surface area contributed by atoms with E-state index < -0.39 is 5.97 Å². The van der Waals surface area contributed by atoms with Gasteiger partial charge >= 0.3 is 5.97 Å². The van der Waals surface area contributed by atoms with Gasteiger partial charge in [0.2, 0.25) is 0 Å². The Labute approximate surface area is 107 Å². The second-order valence-corrected chi connectivity index (χ2v) is 5.12. The van der Waals surface area contributed by atoms with Gasteiger partial charge in [-0.15, -0.1) is 0 Å². The van der Waals surface area contributed by atoms with E-state index in [1.807, 2.05) is 25.6 Å². The first-order chi connectivity index (χ1) is 8.43. The molecule has 1 aromatic heterocycles. The quantitative estimate of drug-likeness (QED) is 0.887. The van der Waals surface area contributed by atoms with Gasteiger partial charge in [0, 0.05) is 24.3 Å². The largest absolute Gasteiger partial charge is 0.480 e. The van der Waals surface area contributed by atoms with Crippen molar-refractivity contribution in [2.24, 2.45) is 7.05 Å². The molecule has 5 nitrogen and oxygen atoms in total. The second-order valence-electron chi connectivity index (χ2n) is 5.12. The summed E-state index contributed by atoms with van der Waals surface area (Å²) in [6.07, 6.45) is 1.71. The number of aryl methyl sites for hydroxylation is 2. The highest BCUT2D eigenvalue weighted by Crippen LogP contribution is 2.32. The Kier molecular flexibility index (Phi) is 3.43. The molecule has 0 aromatic carbocycles. The van der Waals surface area contributed by atoms with Crippen molar-refractivity contribution in [3.05, 3.63) is 17.0 Å². The van der Waals surface area contributed by atoms with Gasteiger partial charge in [-0.25, -0.2) is 0 Å². The van der Waals surface area contributed by atoms with Crippen LogP contribution in [0.2, 0.25) is 0 Å². The molecule has 0 radical (unpaired) electrons. The topological polar surface area (TPSA) is 58.4 Å². The molecule has 2 unspecified atom stereocenters. The lowest BCUT2D eigenvalue weighted by Crippen LogP contribution is -2.38. The lowest BCUT2D eigenvalue weighted by molar-refractivity contribution is -0.142. The fourth-order valence-corrected chi connectivity index (χ4v) is 3.08. The lowest BCUT2D eigenvalue weighted by Gasteiger charge is -2.28. The Morgan fingerprint density at radius 3 is 2.67 bits per heavy atom. The molecule has 1 aliphatic heterocycles. The highest BCUT2D eigenvalue weighted by Gasteiger charge is 2.35. The third kappa shape index (κ3) is 2.03. The summed E-state index contributed by atoms with van der Waals surface area (Å²) in [6, 6.07) is -0.235. The molecule has 1 fully saturated rings. The first-order valence-corrected chi connectivity index (χ1v) is 6.42. The molecule has 0 amide bonds. The Morgan fingerprint density at radius 1 is 1.50 bits per heavy atom. The predicted molar refractivity (Wildman–Crippen MR) is 68.5 cm³/mol. The van der Waals surface area contributed by atoms with Gasteiger partial charge in [0.05, 0.1) is 5.69 Å². The van der Waals surface area contributed by atoms with Gasteiger partial charge in [-0.2, -0.15) is 5.10 Å².